The van der Waals surface area contributed by atoms with Gasteiger partial charge in [-0.15, -0.1) is 0 Å². The third-order valence-corrected chi connectivity index (χ3v) is 4.53. The van der Waals surface area contributed by atoms with Gasteiger partial charge in [0.25, 0.3) is 0 Å². The van der Waals surface area contributed by atoms with E-state index in [1.165, 1.54) is 0 Å². The van der Waals surface area contributed by atoms with Gasteiger partial charge < -0.3 is 9.47 Å². The van der Waals surface area contributed by atoms with Crippen LogP contribution in [0.4, 0.5) is 0 Å². The van der Waals surface area contributed by atoms with E-state index in [4.69, 9.17) is 9.47 Å². The number of aryl methyl sites for hydroxylation is 1. The molecule has 4 heteroatoms. The number of ketones is 1. The second kappa shape index (κ2) is 6.59. The van der Waals surface area contributed by atoms with Crippen molar-refractivity contribution in [2.75, 3.05) is 14.2 Å². The smallest absolute Gasteiger partial charge is 0.189 e. The third-order valence-electron chi connectivity index (χ3n) is 4.03. The number of carbonyl (C=O) groups is 1. The van der Waals surface area contributed by atoms with Crippen LogP contribution < -0.4 is 9.47 Å². The zero-order valence-corrected chi connectivity index (χ0v) is 14.6. The Morgan fingerprint density at radius 1 is 1.04 bits per heavy atom. The molecule has 0 N–H and O–H groups in total. The van der Waals surface area contributed by atoms with Gasteiger partial charge in [0.2, 0.25) is 0 Å². The van der Waals surface area contributed by atoms with Crippen molar-refractivity contribution in [2.45, 2.75) is 12.8 Å². The Balaban J connectivity index is 1.99. The first-order valence-corrected chi connectivity index (χ1v) is 8.17. The number of halogens is 1. The van der Waals surface area contributed by atoms with Gasteiger partial charge in [0, 0.05) is 21.2 Å². The van der Waals surface area contributed by atoms with Crippen LogP contribution in [0.5, 0.6) is 11.5 Å². The molecule has 0 heterocycles. The van der Waals surface area contributed by atoms with E-state index in [1.807, 2.05) is 42.5 Å². The van der Waals surface area contributed by atoms with Crippen molar-refractivity contribution in [3.8, 4) is 11.5 Å². The number of ether oxygens (including phenoxy) is 2. The van der Waals surface area contributed by atoms with Gasteiger partial charge >= 0.3 is 0 Å². The lowest BCUT2D eigenvalue weighted by Gasteiger charge is -2.18. The first kappa shape index (κ1) is 15.8. The van der Waals surface area contributed by atoms with Gasteiger partial charge in [-0.2, -0.15) is 0 Å². The molecule has 1 aliphatic carbocycles. The number of hydrogen-bond acceptors (Lipinski definition) is 3. The molecule has 0 spiro atoms. The summed E-state index contributed by atoms with van der Waals surface area (Å²) in [6, 6.07) is 11.4. The number of rotatable bonds is 3. The Kier molecular flexibility index (Phi) is 4.53. The molecule has 0 atom stereocenters. The van der Waals surface area contributed by atoms with Crippen LogP contribution in [0.3, 0.4) is 0 Å². The van der Waals surface area contributed by atoms with Crippen molar-refractivity contribution in [1.82, 2.24) is 0 Å². The van der Waals surface area contributed by atoms with Gasteiger partial charge in [-0.1, -0.05) is 15.9 Å². The topological polar surface area (TPSA) is 35.5 Å². The number of benzene rings is 2. The number of allylic oxidation sites excluding steroid dienone is 1. The highest BCUT2D eigenvalue weighted by Crippen LogP contribution is 2.32. The molecule has 0 saturated carbocycles. The highest BCUT2D eigenvalue weighted by Gasteiger charge is 2.22. The third kappa shape index (κ3) is 3.17. The summed E-state index contributed by atoms with van der Waals surface area (Å²) in [5, 5.41) is 0. The molecule has 0 saturated heterocycles. The van der Waals surface area contributed by atoms with E-state index in [1.54, 1.807) is 14.2 Å². The van der Waals surface area contributed by atoms with E-state index in [2.05, 4.69) is 15.9 Å². The summed E-state index contributed by atoms with van der Waals surface area (Å²) < 4.78 is 11.6. The van der Waals surface area contributed by atoms with E-state index in [9.17, 15) is 4.79 Å². The van der Waals surface area contributed by atoms with E-state index >= 15 is 0 Å². The average Bonchev–Trinajstić information content (AvgIpc) is 2.57. The maximum Gasteiger partial charge on any atom is 0.189 e. The SMILES string of the molecule is COc1ccc2c(c1)CC/C(=C/c1cc(Br)ccc1OC)C2=O. The van der Waals surface area contributed by atoms with Crippen LogP contribution in [-0.4, -0.2) is 20.0 Å². The van der Waals surface area contributed by atoms with Crippen LogP contribution >= 0.6 is 15.9 Å². The van der Waals surface area contributed by atoms with Gasteiger partial charge in [-0.25, -0.2) is 0 Å². The minimum Gasteiger partial charge on any atom is -0.497 e. The molecule has 0 aromatic heterocycles. The minimum absolute atomic E-state index is 0.0796. The van der Waals surface area contributed by atoms with Gasteiger partial charge in [-0.3, -0.25) is 4.79 Å². The van der Waals surface area contributed by atoms with Gasteiger partial charge in [0.15, 0.2) is 5.78 Å². The van der Waals surface area contributed by atoms with Gasteiger partial charge in [0.1, 0.15) is 11.5 Å². The van der Waals surface area contributed by atoms with E-state index < -0.39 is 0 Å². The molecule has 2 aromatic carbocycles. The Morgan fingerprint density at radius 3 is 2.61 bits per heavy atom. The lowest BCUT2D eigenvalue weighted by atomic mass is 9.86. The fourth-order valence-electron chi connectivity index (χ4n) is 2.82. The Morgan fingerprint density at radius 2 is 1.87 bits per heavy atom. The first-order valence-electron chi connectivity index (χ1n) is 7.38. The second-order valence-corrected chi connectivity index (χ2v) is 6.32. The number of Topliss-reactive ketones (excluding diaryl/α,β-unsaturated/α-hetero) is 1. The molecule has 118 valence electrons. The molecule has 23 heavy (non-hydrogen) atoms. The molecule has 0 radical (unpaired) electrons. The molecular formula is C19H17BrO3. The van der Waals surface area contributed by atoms with Crippen molar-refractivity contribution in [1.29, 1.82) is 0 Å². The fourth-order valence-corrected chi connectivity index (χ4v) is 3.20. The van der Waals surface area contributed by atoms with Crippen LogP contribution in [0, 0.1) is 0 Å². The molecule has 0 bridgehead atoms. The molecule has 3 rings (SSSR count). The molecule has 2 aromatic rings. The van der Waals surface area contributed by atoms with Crippen LogP contribution in [0.15, 0.2) is 46.4 Å². The number of hydrogen-bond donors (Lipinski definition) is 0. The fraction of sp³-hybridized carbons (Fsp3) is 0.211. The lowest BCUT2D eigenvalue weighted by molar-refractivity contribution is 0.102. The summed E-state index contributed by atoms with van der Waals surface area (Å²) in [6.45, 7) is 0. The second-order valence-electron chi connectivity index (χ2n) is 5.41. The van der Waals surface area contributed by atoms with Crippen molar-refractivity contribution >= 4 is 27.8 Å². The van der Waals surface area contributed by atoms with Crippen LogP contribution in [-0.2, 0) is 6.42 Å². The quantitative estimate of drug-likeness (QED) is 0.733. The molecule has 0 aliphatic heterocycles. The normalized spacial score (nSPS) is 15.4. The highest BCUT2D eigenvalue weighted by molar-refractivity contribution is 9.10. The summed E-state index contributed by atoms with van der Waals surface area (Å²) in [6.07, 6.45) is 3.48. The Hall–Kier alpha value is -2.07. The summed E-state index contributed by atoms with van der Waals surface area (Å²) in [5.41, 5.74) is 3.52. The zero-order chi connectivity index (χ0) is 16.4. The first-order chi connectivity index (χ1) is 11.1. The maximum absolute atomic E-state index is 12.7. The number of carbonyl (C=O) groups excluding carboxylic acids is 1. The largest absolute Gasteiger partial charge is 0.497 e. The average molecular weight is 373 g/mol. The Bertz CT molecular complexity index is 793. The molecule has 0 fully saturated rings. The minimum atomic E-state index is 0.0796. The predicted octanol–water partition coefficient (Wildman–Crippen LogP) is 4.68. The van der Waals surface area contributed by atoms with E-state index in [-0.39, 0.29) is 5.78 Å². The summed E-state index contributed by atoms with van der Waals surface area (Å²) in [5.74, 6) is 1.63. The van der Waals surface area contributed by atoms with Crippen LogP contribution in [0.25, 0.3) is 6.08 Å². The van der Waals surface area contributed by atoms with Crippen molar-refractivity contribution < 1.29 is 14.3 Å². The van der Waals surface area contributed by atoms with Crippen molar-refractivity contribution in [2.24, 2.45) is 0 Å². The summed E-state index contributed by atoms with van der Waals surface area (Å²) in [4.78, 5) is 12.7. The van der Waals surface area contributed by atoms with Crippen molar-refractivity contribution in [3.05, 3.63) is 63.1 Å². The number of methoxy groups -OCH3 is 2. The Labute approximate surface area is 144 Å². The van der Waals surface area contributed by atoms with Crippen LogP contribution in [0.1, 0.15) is 27.9 Å². The van der Waals surface area contributed by atoms with Gasteiger partial charge in [-0.05, 0) is 60.9 Å². The summed E-state index contributed by atoms with van der Waals surface area (Å²) >= 11 is 3.46. The van der Waals surface area contributed by atoms with E-state index in [0.717, 1.165) is 44.7 Å². The standard InChI is InChI=1S/C19H17BrO3/c1-22-16-6-7-17-12(11-16)3-4-13(19(17)21)9-14-10-15(20)5-8-18(14)23-2/h5-11H,3-4H2,1-2H3/b13-9-. The lowest BCUT2D eigenvalue weighted by Crippen LogP contribution is -2.14. The summed E-state index contributed by atoms with van der Waals surface area (Å²) in [7, 11) is 3.27. The zero-order valence-electron chi connectivity index (χ0n) is 13.1. The van der Waals surface area contributed by atoms with Gasteiger partial charge in [0.05, 0.1) is 14.2 Å². The molecular weight excluding hydrogens is 356 g/mol. The molecule has 3 nitrogen and oxygen atoms in total. The monoisotopic (exact) mass is 372 g/mol. The van der Waals surface area contributed by atoms with E-state index in [0.29, 0.717) is 6.42 Å². The molecule has 1 aliphatic rings. The number of fused-ring (bicyclic) bond motifs is 1. The highest BCUT2D eigenvalue weighted by atomic mass is 79.9. The molecule has 0 amide bonds. The maximum atomic E-state index is 12.7. The van der Waals surface area contributed by atoms with Crippen molar-refractivity contribution in [3.63, 3.8) is 0 Å². The van der Waals surface area contributed by atoms with Crippen LogP contribution in [0.2, 0.25) is 0 Å². The predicted molar refractivity (Wildman–Crippen MR) is 94.3 cm³/mol. The molecule has 0 unspecified atom stereocenters.